The number of carbonyl (C=O) groups is 3. The molecule has 2 aliphatic rings. The number of anilines is 1. The van der Waals surface area contributed by atoms with E-state index in [-0.39, 0.29) is 30.7 Å². The summed E-state index contributed by atoms with van der Waals surface area (Å²) in [5.41, 5.74) is 3.47. The van der Waals surface area contributed by atoms with Crippen molar-refractivity contribution in [3.8, 4) is 0 Å². The molecule has 0 radical (unpaired) electrons. The van der Waals surface area contributed by atoms with E-state index in [4.69, 9.17) is 0 Å². The summed E-state index contributed by atoms with van der Waals surface area (Å²) in [6.45, 7) is 4.79. The monoisotopic (exact) mass is 486 g/mol. The predicted octanol–water partition coefficient (Wildman–Crippen LogP) is 2.32. The molecule has 8 nitrogen and oxygen atoms in total. The van der Waals surface area contributed by atoms with Crippen LogP contribution in [-0.4, -0.2) is 70.0 Å². The first-order valence-electron chi connectivity index (χ1n) is 11.1. The molecule has 0 bridgehead atoms. The van der Waals surface area contributed by atoms with Crippen LogP contribution in [0.3, 0.4) is 0 Å². The Morgan fingerprint density at radius 1 is 1.29 bits per heavy atom. The second kappa shape index (κ2) is 10.0. The molecule has 1 aromatic heterocycles. The van der Waals surface area contributed by atoms with Crippen molar-refractivity contribution < 1.29 is 23.9 Å². The molecule has 4 rings (SSSR count). The van der Waals surface area contributed by atoms with Gasteiger partial charge in [0.2, 0.25) is 5.91 Å². The second-order valence-electron chi connectivity index (χ2n) is 8.43. The summed E-state index contributed by atoms with van der Waals surface area (Å²) < 4.78 is 13.7. The van der Waals surface area contributed by atoms with E-state index < -0.39 is 11.9 Å². The Labute approximate surface area is 201 Å². The van der Waals surface area contributed by atoms with E-state index in [1.54, 1.807) is 36.6 Å². The molecule has 0 aliphatic carbocycles. The van der Waals surface area contributed by atoms with E-state index in [0.29, 0.717) is 52.4 Å². The lowest BCUT2D eigenvalue weighted by Crippen LogP contribution is -2.41. The highest BCUT2D eigenvalue weighted by atomic mass is 32.2. The minimum absolute atomic E-state index is 0.0432. The lowest BCUT2D eigenvalue weighted by molar-refractivity contribution is -0.132. The summed E-state index contributed by atoms with van der Waals surface area (Å²) in [6, 6.07) is 4.08. The van der Waals surface area contributed by atoms with Crippen molar-refractivity contribution in [2.24, 2.45) is 0 Å². The van der Waals surface area contributed by atoms with Gasteiger partial charge in [0.25, 0.3) is 11.8 Å². The maximum Gasteiger partial charge on any atom is 0.256 e. The predicted molar refractivity (Wildman–Crippen MR) is 130 cm³/mol. The van der Waals surface area contributed by atoms with Crippen LogP contribution in [-0.2, 0) is 9.59 Å². The molecule has 2 aliphatic heterocycles. The number of aliphatic hydroxyl groups is 1. The molecule has 10 heteroatoms. The third-order valence-corrected chi connectivity index (χ3v) is 6.97. The third kappa shape index (κ3) is 5.02. The average molecular weight is 487 g/mol. The number of carbonyl (C=O) groups excluding carboxylic acids is 3. The zero-order valence-electron chi connectivity index (χ0n) is 19.0. The largest absolute Gasteiger partial charge is 0.391 e. The number of rotatable bonds is 6. The van der Waals surface area contributed by atoms with Gasteiger partial charge in [-0.3, -0.25) is 14.4 Å². The molecule has 4 N–H and O–H groups in total. The molecule has 0 spiro atoms. The second-order valence-corrected chi connectivity index (χ2v) is 9.65. The number of aromatic amines is 1. The fourth-order valence-electron chi connectivity index (χ4n) is 4.22. The fraction of sp³-hybridized carbons (Fsp3) is 0.375. The standard InChI is InChI=1S/C24H27FN4O4S/c1-13-20(11-18-17-9-15(25)3-4-19(17)28-23(18)32)27-14(2)22(13)24(33)26-12-16(30)10-21(31)29-5-7-34-8-6-29/h3-4,9,11,16,27,30H,5-8,10,12H2,1-2H3,(H,26,33)(H,28,32)/b18-11-. The zero-order chi connectivity index (χ0) is 24.4. The van der Waals surface area contributed by atoms with Crippen LogP contribution in [0.4, 0.5) is 10.1 Å². The van der Waals surface area contributed by atoms with Crippen molar-refractivity contribution in [2.45, 2.75) is 26.4 Å². The van der Waals surface area contributed by atoms with E-state index in [1.165, 1.54) is 18.2 Å². The SMILES string of the molecule is Cc1[nH]c(/C=C2\C(=O)Nc3ccc(F)cc32)c(C)c1C(=O)NCC(O)CC(=O)N1CCSCC1. The van der Waals surface area contributed by atoms with Crippen molar-refractivity contribution in [3.05, 3.63) is 52.1 Å². The molecule has 180 valence electrons. The number of amides is 3. The smallest absolute Gasteiger partial charge is 0.256 e. The zero-order valence-corrected chi connectivity index (χ0v) is 19.9. The van der Waals surface area contributed by atoms with Gasteiger partial charge in [0, 0.05) is 53.8 Å². The van der Waals surface area contributed by atoms with Crippen LogP contribution < -0.4 is 10.6 Å². The molecule has 0 saturated carbocycles. The number of hydrogen-bond acceptors (Lipinski definition) is 5. The van der Waals surface area contributed by atoms with Crippen molar-refractivity contribution in [1.82, 2.24) is 15.2 Å². The van der Waals surface area contributed by atoms with Crippen molar-refractivity contribution >= 4 is 46.8 Å². The van der Waals surface area contributed by atoms with Crippen LogP contribution in [0.15, 0.2) is 18.2 Å². The lowest BCUT2D eigenvalue weighted by atomic mass is 10.0. The summed E-state index contributed by atoms with van der Waals surface area (Å²) in [6.07, 6.45) is 0.573. The number of nitrogens with one attached hydrogen (secondary N) is 3. The van der Waals surface area contributed by atoms with Crippen LogP contribution in [0.25, 0.3) is 11.6 Å². The van der Waals surface area contributed by atoms with Crippen LogP contribution >= 0.6 is 11.8 Å². The van der Waals surface area contributed by atoms with Crippen molar-refractivity contribution in [3.63, 3.8) is 0 Å². The summed E-state index contributed by atoms with van der Waals surface area (Å²) in [7, 11) is 0. The number of halogens is 1. The first-order valence-corrected chi connectivity index (χ1v) is 12.2. The van der Waals surface area contributed by atoms with Gasteiger partial charge in [-0.05, 0) is 43.7 Å². The highest BCUT2D eigenvalue weighted by Crippen LogP contribution is 2.34. The number of aryl methyl sites for hydroxylation is 1. The number of benzene rings is 1. The highest BCUT2D eigenvalue weighted by molar-refractivity contribution is 7.99. The number of fused-ring (bicyclic) bond motifs is 1. The van der Waals surface area contributed by atoms with Crippen molar-refractivity contribution in [2.75, 3.05) is 36.5 Å². The quantitative estimate of drug-likeness (QED) is 0.468. The summed E-state index contributed by atoms with van der Waals surface area (Å²) >= 11 is 1.80. The average Bonchev–Trinajstić information content (AvgIpc) is 3.27. The molecule has 3 amide bonds. The van der Waals surface area contributed by atoms with Crippen LogP contribution in [0, 0.1) is 19.7 Å². The summed E-state index contributed by atoms with van der Waals surface area (Å²) in [5.74, 6) is 0.488. The Bertz CT molecular complexity index is 1170. The Morgan fingerprint density at radius 2 is 2.03 bits per heavy atom. The lowest BCUT2D eigenvalue weighted by Gasteiger charge is -2.27. The number of H-pyrrole nitrogens is 1. The van der Waals surface area contributed by atoms with Gasteiger partial charge in [-0.1, -0.05) is 0 Å². The molecule has 3 heterocycles. The normalized spacial score (nSPS) is 17.5. The molecular weight excluding hydrogens is 459 g/mol. The molecule has 2 aromatic rings. The minimum Gasteiger partial charge on any atom is -0.391 e. The van der Waals surface area contributed by atoms with Gasteiger partial charge < -0.3 is 25.6 Å². The number of nitrogens with zero attached hydrogens (tertiary/aromatic N) is 1. The number of aromatic nitrogens is 1. The Kier molecular flexibility index (Phi) is 7.08. The molecule has 1 unspecified atom stereocenters. The molecule has 1 saturated heterocycles. The van der Waals surface area contributed by atoms with E-state index in [0.717, 1.165) is 11.5 Å². The van der Waals surface area contributed by atoms with Gasteiger partial charge in [0.05, 0.1) is 23.7 Å². The van der Waals surface area contributed by atoms with Gasteiger partial charge in [0.15, 0.2) is 0 Å². The van der Waals surface area contributed by atoms with E-state index in [2.05, 4.69) is 15.6 Å². The minimum atomic E-state index is -0.985. The number of thioether (sulfide) groups is 1. The molecule has 1 atom stereocenters. The first-order chi connectivity index (χ1) is 16.2. The maximum absolute atomic E-state index is 13.7. The first kappa shape index (κ1) is 24.0. The van der Waals surface area contributed by atoms with Gasteiger partial charge >= 0.3 is 0 Å². The molecule has 34 heavy (non-hydrogen) atoms. The Hall–Kier alpha value is -3.11. The summed E-state index contributed by atoms with van der Waals surface area (Å²) in [5, 5.41) is 15.7. The van der Waals surface area contributed by atoms with E-state index in [1.807, 2.05) is 0 Å². The third-order valence-electron chi connectivity index (χ3n) is 6.03. The maximum atomic E-state index is 13.7. The van der Waals surface area contributed by atoms with Crippen LogP contribution in [0.2, 0.25) is 0 Å². The number of aliphatic hydroxyl groups excluding tert-OH is 1. The van der Waals surface area contributed by atoms with Gasteiger partial charge in [-0.25, -0.2) is 4.39 Å². The topological polar surface area (TPSA) is 115 Å². The molecular formula is C24H27FN4O4S. The van der Waals surface area contributed by atoms with Crippen LogP contribution in [0.5, 0.6) is 0 Å². The van der Waals surface area contributed by atoms with E-state index >= 15 is 0 Å². The number of hydrogen-bond donors (Lipinski definition) is 4. The van der Waals surface area contributed by atoms with E-state index in [9.17, 15) is 23.9 Å². The Balaban J connectivity index is 1.44. The van der Waals surface area contributed by atoms with Crippen LogP contribution in [0.1, 0.15) is 39.3 Å². The van der Waals surface area contributed by atoms with Crippen molar-refractivity contribution in [1.29, 1.82) is 0 Å². The Morgan fingerprint density at radius 3 is 2.76 bits per heavy atom. The summed E-state index contributed by atoms with van der Waals surface area (Å²) in [4.78, 5) is 42.4. The van der Waals surface area contributed by atoms with Gasteiger partial charge in [-0.2, -0.15) is 11.8 Å². The highest BCUT2D eigenvalue weighted by Gasteiger charge is 2.26. The van der Waals surface area contributed by atoms with Gasteiger partial charge in [-0.15, -0.1) is 0 Å². The fourth-order valence-corrected chi connectivity index (χ4v) is 5.12. The molecule has 1 fully saturated rings. The molecule has 1 aromatic carbocycles. The van der Waals surface area contributed by atoms with Gasteiger partial charge in [0.1, 0.15) is 5.82 Å².